The molecular formula is C19H29Cl2N3O2. The van der Waals surface area contributed by atoms with Gasteiger partial charge in [0.25, 0.3) is 0 Å². The highest BCUT2D eigenvalue weighted by Gasteiger charge is 2.39. The van der Waals surface area contributed by atoms with Crippen molar-refractivity contribution in [2.75, 3.05) is 34.3 Å². The average Bonchev–Trinajstić information content (AvgIpc) is 2.55. The van der Waals surface area contributed by atoms with Crippen LogP contribution in [-0.2, 0) is 0 Å². The number of benzene rings is 1. The summed E-state index contributed by atoms with van der Waals surface area (Å²) in [4.78, 5) is 16.9. The zero-order valence-electron chi connectivity index (χ0n) is 16.4. The van der Waals surface area contributed by atoms with E-state index in [1.165, 1.54) is 0 Å². The van der Waals surface area contributed by atoms with Crippen molar-refractivity contribution in [3.05, 3.63) is 27.7 Å². The molecule has 0 radical (unpaired) electrons. The molecule has 2 rings (SSSR count). The van der Waals surface area contributed by atoms with Gasteiger partial charge in [0.15, 0.2) is 0 Å². The second-order valence-corrected chi connectivity index (χ2v) is 8.55. The molecule has 1 N–H and O–H groups in total. The van der Waals surface area contributed by atoms with Crippen molar-refractivity contribution in [1.82, 2.24) is 15.1 Å². The van der Waals surface area contributed by atoms with Gasteiger partial charge in [0.2, 0.25) is 0 Å². The Morgan fingerprint density at radius 1 is 1.38 bits per heavy atom. The third-order valence-corrected chi connectivity index (χ3v) is 6.13. The maximum absolute atomic E-state index is 12.8. The van der Waals surface area contributed by atoms with Crippen LogP contribution in [-0.4, -0.2) is 56.2 Å². The van der Waals surface area contributed by atoms with Crippen LogP contribution < -0.4 is 10.1 Å². The second kappa shape index (κ2) is 8.24. The summed E-state index contributed by atoms with van der Waals surface area (Å²) in [7, 11) is 5.53. The SMILES string of the molecule is COc1ccc([C@@H](C)NC(=O)N(C)[C@H]2CCN(C)CC2(C)C)c(Cl)c1Cl. The molecule has 2 amide bonds. The Hall–Kier alpha value is -1.17. The van der Waals surface area contributed by atoms with Crippen molar-refractivity contribution < 1.29 is 9.53 Å². The first-order valence-electron chi connectivity index (χ1n) is 8.82. The molecule has 1 aromatic rings. The molecule has 1 aliphatic heterocycles. The average molecular weight is 402 g/mol. The molecule has 0 unspecified atom stereocenters. The molecule has 0 aliphatic carbocycles. The molecule has 2 atom stereocenters. The van der Waals surface area contributed by atoms with E-state index < -0.39 is 0 Å². The monoisotopic (exact) mass is 401 g/mol. The number of carbonyl (C=O) groups is 1. The molecule has 0 aromatic heterocycles. The molecule has 146 valence electrons. The molecule has 1 aromatic carbocycles. The number of amides is 2. The van der Waals surface area contributed by atoms with Gasteiger partial charge >= 0.3 is 6.03 Å². The van der Waals surface area contributed by atoms with Crippen LogP contribution in [0, 0.1) is 5.41 Å². The van der Waals surface area contributed by atoms with E-state index in [4.69, 9.17) is 27.9 Å². The highest BCUT2D eigenvalue weighted by molar-refractivity contribution is 6.43. The molecule has 0 spiro atoms. The van der Waals surface area contributed by atoms with E-state index in [0.29, 0.717) is 15.8 Å². The quantitative estimate of drug-likeness (QED) is 0.810. The summed E-state index contributed by atoms with van der Waals surface area (Å²) in [6.07, 6.45) is 0.955. The fraction of sp³-hybridized carbons (Fsp3) is 0.632. The third kappa shape index (κ3) is 4.38. The van der Waals surface area contributed by atoms with Crippen molar-refractivity contribution in [2.24, 2.45) is 5.41 Å². The van der Waals surface area contributed by atoms with Crippen molar-refractivity contribution in [2.45, 2.75) is 39.3 Å². The summed E-state index contributed by atoms with van der Waals surface area (Å²) in [5.41, 5.74) is 0.797. The van der Waals surface area contributed by atoms with Crippen LogP contribution >= 0.6 is 23.2 Å². The number of nitrogens with one attached hydrogen (secondary N) is 1. The lowest BCUT2D eigenvalue weighted by molar-refractivity contribution is 0.0446. The maximum Gasteiger partial charge on any atom is 0.317 e. The van der Waals surface area contributed by atoms with E-state index in [9.17, 15) is 4.79 Å². The zero-order chi connectivity index (χ0) is 19.6. The number of carbonyl (C=O) groups excluding carboxylic acids is 1. The second-order valence-electron chi connectivity index (χ2n) is 7.80. The number of piperidine rings is 1. The van der Waals surface area contributed by atoms with Gasteiger partial charge in [-0.25, -0.2) is 4.79 Å². The highest BCUT2D eigenvalue weighted by atomic mass is 35.5. The van der Waals surface area contributed by atoms with Crippen LogP contribution in [0.15, 0.2) is 12.1 Å². The van der Waals surface area contributed by atoms with Crippen LogP contribution in [0.5, 0.6) is 5.75 Å². The molecule has 1 aliphatic rings. The molecule has 1 fully saturated rings. The van der Waals surface area contributed by atoms with Crippen molar-refractivity contribution in [1.29, 1.82) is 0 Å². The number of hydrogen-bond acceptors (Lipinski definition) is 3. The van der Waals surface area contributed by atoms with Crippen LogP contribution in [0.4, 0.5) is 4.79 Å². The topological polar surface area (TPSA) is 44.8 Å². The van der Waals surface area contributed by atoms with Gasteiger partial charge < -0.3 is 19.9 Å². The number of likely N-dealkylation sites (tertiary alicyclic amines) is 1. The summed E-state index contributed by atoms with van der Waals surface area (Å²) < 4.78 is 5.17. The van der Waals surface area contributed by atoms with E-state index in [2.05, 4.69) is 31.1 Å². The van der Waals surface area contributed by atoms with Crippen LogP contribution in [0.25, 0.3) is 0 Å². The number of methoxy groups -OCH3 is 1. The molecule has 1 saturated heterocycles. The van der Waals surface area contributed by atoms with E-state index in [-0.39, 0.29) is 23.5 Å². The Balaban J connectivity index is 2.10. The minimum Gasteiger partial charge on any atom is -0.495 e. The van der Waals surface area contributed by atoms with Crippen LogP contribution in [0.1, 0.15) is 38.8 Å². The molecular weight excluding hydrogens is 373 g/mol. The van der Waals surface area contributed by atoms with Gasteiger partial charge in [-0.3, -0.25) is 0 Å². The predicted molar refractivity (Wildman–Crippen MR) is 107 cm³/mol. The van der Waals surface area contributed by atoms with E-state index in [1.807, 2.05) is 24.9 Å². The lowest BCUT2D eigenvalue weighted by atomic mass is 9.78. The number of halogens is 2. The normalized spacial score (nSPS) is 21.2. The molecule has 1 heterocycles. The standard InChI is InChI=1S/C19H29Cl2N3O2/c1-12(13-7-8-14(26-6)17(21)16(13)20)22-18(25)24(5)15-9-10-23(4)11-19(15,2)3/h7-8,12,15H,9-11H2,1-6H3,(H,22,25)/t12-,15+/m1/s1. The van der Waals surface area contributed by atoms with Crippen LogP contribution in [0.2, 0.25) is 10.0 Å². The van der Waals surface area contributed by atoms with Crippen molar-refractivity contribution in [3.63, 3.8) is 0 Å². The molecule has 26 heavy (non-hydrogen) atoms. The summed E-state index contributed by atoms with van der Waals surface area (Å²) in [5.74, 6) is 0.518. The van der Waals surface area contributed by atoms with Gasteiger partial charge in [-0.05, 0) is 44.0 Å². The Labute approximate surface area is 166 Å². The van der Waals surface area contributed by atoms with Gasteiger partial charge in [-0.15, -0.1) is 0 Å². The van der Waals surface area contributed by atoms with Gasteiger partial charge in [-0.1, -0.05) is 43.1 Å². The summed E-state index contributed by atoms with van der Waals surface area (Å²) in [6.45, 7) is 8.27. The summed E-state index contributed by atoms with van der Waals surface area (Å²) in [5, 5.41) is 3.80. The first-order chi connectivity index (χ1) is 12.1. The van der Waals surface area contributed by atoms with Crippen LogP contribution in [0.3, 0.4) is 0 Å². The van der Waals surface area contributed by atoms with E-state index in [1.54, 1.807) is 13.2 Å². The third-order valence-electron chi connectivity index (χ3n) is 5.25. The Morgan fingerprint density at radius 2 is 2.04 bits per heavy atom. The first kappa shape index (κ1) is 21.1. The van der Waals surface area contributed by atoms with E-state index >= 15 is 0 Å². The highest BCUT2D eigenvalue weighted by Crippen LogP contribution is 2.37. The van der Waals surface area contributed by atoms with Gasteiger partial charge in [0, 0.05) is 19.6 Å². The number of ether oxygens (including phenoxy) is 1. The fourth-order valence-electron chi connectivity index (χ4n) is 3.88. The molecule has 7 heteroatoms. The van der Waals surface area contributed by atoms with Gasteiger partial charge in [0.05, 0.1) is 18.2 Å². The lowest BCUT2D eigenvalue weighted by Gasteiger charge is -2.47. The number of urea groups is 1. The van der Waals surface area contributed by atoms with Crippen molar-refractivity contribution in [3.8, 4) is 5.75 Å². The number of rotatable bonds is 4. The predicted octanol–water partition coefficient (Wildman–Crippen LogP) is 4.43. The fourth-order valence-corrected chi connectivity index (χ4v) is 4.45. The Bertz CT molecular complexity index is 666. The largest absolute Gasteiger partial charge is 0.495 e. The Kier molecular flexibility index (Phi) is 6.70. The molecule has 5 nitrogen and oxygen atoms in total. The molecule has 0 bridgehead atoms. The van der Waals surface area contributed by atoms with Gasteiger partial charge in [-0.2, -0.15) is 0 Å². The number of hydrogen-bond donors (Lipinski definition) is 1. The Morgan fingerprint density at radius 3 is 2.62 bits per heavy atom. The maximum atomic E-state index is 12.8. The van der Waals surface area contributed by atoms with E-state index in [0.717, 1.165) is 25.1 Å². The molecule has 0 saturated carbocycles. The minimum atomic E-state index is -0.268. The summed E-state index contributed by atoms with van der Waals surface area (Å²) in [6, 6.07) is 3.40. The lowest BCUT2D eigenvalue weighted by Crippen LogP contribution is -2.57. The first-order valence-corrected chi connectivity index (χ1v) is 9.57. The minimum absolute atomic E-state index is 0.0311. The zero-order valence-corrected chi connectivity index (χ0v) is 17.9. The number of nitrogens with zero attached hydrogens (tertiary/aromatic N) is 2. The summed E-state index contributed by atoms with van der Waals surface area (Å²) >= 11 is 12.6. The van der Waals surface area contributed by atoms with Crippen molar-refractivity contribution >= 4 is 29.2 Å². The smallest absolute Gasteiger partial charge is 0.317 e. The van der Waals surface area contributed by atoms with Gasteiger partial charge in [0.1, 0.15) is 10.8 Å².